The van der Waals surface area contributed by atoms with Crippen LogP contribution in [0.3, 0.4) is 0 Å². The van der Waals surface area contributed by atoms with Crippen molar-refractivity contribution in [3.8, 4) is 6.01 Å². The summed E-state index contributed by atoms with van der Waals surface area (Å²) < 4.78 is 96.4. The first-order valence-corrected chi connectivity index (χ1v) is 15.1. The van der Waals surface area contributed by atoms with E-state index in [1.807, 2.05) is 0 Å². The topological polar surface area (TPSA) is 123 Å². The van der Waals surface area contributed by atoms with Gasteiger partial charge in [-0.05, 0) is 52.4 Å². The molecule has 3 aliphatic heterocycles. The second-order valence-electron chi connectivity index (χ2n) is 13.2. The van der Waals surface area contributed by atoms with Crippen LogP contribution in [-0.4, -0.2) is 103 Å². The van der Waals surface area contributed by atoms with Crippen molar-refractivity contribution in [1.29, 1.82) is 0 Å². The van der Waals surface area contributed by atoms with Gasteiger partial charge in [0.2, 0.25) is 5.95 Å². The molecule has 46 heavy (non-hydrogen) atoms. The second-order valence-corrected chi connectivity index (χ2v) is 13.2. The molecule has 5 rings (SSSR count). The quantitative estimate of drug-likeness (QED) is 0.389. The summed E-state index contributed by atoms with van der Waals surface area (Å²) in [6, 6.07) is -1.92. The average Bonchev–Trinajstić information content (AvgIpc) is 3.61. The zero-order chi connectivity index (χ0) is 33.8. The monoisotopic (exact) mass is 665 g/mol. The zero-order valence-corrected chi connectivity index (χ0v) is 26.0. The van der Waals surface area contributed by atoms with E-state index in [0.29, 0.717) is 44.2 Å². The first-order chi connectivity index (χ1) is 21.3. The van der Waals surface area contributed by atoms with Crippen LogP contribution in [0.25, 0.3) is 5.65 Å². The highest BCUT2D eigenvalue weighted by molar-refractivity contribution is 5.71. The minimum atomic E-state index is -5.75. The van der Waals surface area contributed by atoms with Gasteiger partial charge in [0.1, 0.15) is 11.7 Å². The van der Waals surface area contributed by atoms with Gasteiger partial charge in [0.15, 0.2) is 5.65 Å². The molecule has 2 aromatic heterocycles. The van der Waals surface area contributed by atoms with Gasteiger partial charge in [0.25, 0.3) is 6.10 Å². The van der Waals surface area contributed by atoms with Gasteiger partial charge in [-0.3, -0.25) is 0 Å². The van der Waals surface area contributed by atoms with Crippen molar-refractivity contribution in [3.63, 3.8) is 0 Å². The number of hydrogen-bond acceptors (Lipinski definition) is 9. The molecule has 18 heteroatoms. The predicted molar refractivity (Wildman–Crippen MR) is 149 cm³/mol. The van der Waals surface area contributed by atoms with Gasteiger partial charge >= 0.3 is 30.5 Å². The van der Waals surface area contributed by atoms with E-state index in [9.17, 15) is 35.9 Å². The third-order valence-corrected chi connectivity index (χ3v) is 8.16. The second kappa shape index (κ2) is 12.1. The summed E-state index contributed by atoms with van der Waals surface area (Å²) in [6.45, 7) is 9.45. The summed E-state index contributed by atoms with van der Waals surface area (Å²) in [5, 5.41) is 7.33. The normalized spacial score (nSPS) is 23.8. The molecular formula is C28H37F6N7O5. The Kier molecular flexibility index (Phi) is 8.87. The Morgan fingerprint density at radius 1 is 0.957 bits per heavy atom. The standard InChI is InChI=1S/C28H37F6N7O5/c1-14(2)19-12-35-41-20(19)37-23(45-21(27(29,30)31)28(32,33)34)38-22(41)36-15-10-16-6-7-17(11-15)40(16)25(43)44-18-8-9-39(13-18)24(42)46-26(3,4)5/h12,14-18,21H,6-11,13H2,1-5H3,(H,36,37,38). The van der Waals surface area contributed by atoms with Crippen LogP contribution < -0.4 is 10.1 Å². The van der Waals surface area contributed by atoms with Crippen LogP contribution in [0.2, 0.25) is 0 Å². The molecule has 3 fully saturated rings. The molecule has 2 aromatic rings. The van der Waals surface area contributed by atoms with E-state index in [4.69, 9.17) is 9.47 Å². The number of carbonyl (C=O) groups excluding carboxylic acids is 2. The number of piperidine rings is 1. The molecule has 0 aliphatic carbocycles. The molecule has 0 radical (unpaired) electrons. The molecule has 3 saturated heterocycles. The number of nitrogens with one attached hydrogen (secondary N) is 1. The Labute approximate surface area is 260 Å². The Balaban J connectivity index is 1.29. The summed E-state index contributed by atoms with van der Waals surface area (Å²) in [6.07, 6.45) is -13.0. The number of likely N-dealkylation sites (tertiary alicyclic amines) is 1. The van der Waals surface area contributed by atoms with Crippen LogP contribution in [0.4, 0.5) is 41.9 Å². The number of anilines is 1. The Bertz CT molecular complexity index is 1410. The van der Waals surface area contributed by atoms with Gasteiger partial charge in [-0.25, -0.2) is 9.59 Å². The summed E-state index contributed by atoms with van der Waals surface area (Å²) in [5.74, 6) is -0.348. The molecule has 2 amide bonds. The average molecular weight is 666 g/mol. The Hall–Kier alpha value is -3.73. The Morgan fingerprint density at radius 3 is 2.15 bits per heavy atom. The minimum Gasteiger partial charge on any atom is -0.444 e. The van der Waals surface area contributed by atoms with Crippen LogP contribution in [0.15, 0.2) is 6.20 Å². The molecule has 0 spiro atoms. The number of nitrogens with zero attached hydrogens (tertiary/aromatic N) is 6. The van der Waals surface area contributed by atoms with E-state index < -0.39 is 48.4 Å². The summed E-state index contributed by atoms with van der Waals surface area (Å²) in [7, 11) is 0. The van der Waals surface area contributed by atoms with Crippen LogP contribution in [0.1, 0.15) is 78.2 Å². The molecule has 3 aliphatic rings. The third kappa shape index (κ3) is 7.29. The molecular weight excluding hydrogens is 628 g/mol. The summed E-state index contributed by atoms with van der Waals surface area (Å²) in [4.78, 5) is 36.6. The lowest BCUT2D eigenvalue weighted by Gasteiger charge is -2.39. The van der Waals surface area contributed by atoms with Crippen molar-refractivity contribution < 1.29 is 50.1 Å². The maximum Gasteiger partial charge on any atom is 0.434 e. The summed E-state index contributed by atoms with van der Waals surface area (Å²) in [5.41, 5.74) is -0.176. The number of halogens is 6. The third-order valence-electron chi connectivity index (χ3n) is 8.16. The molecule has 0 aromatic carbocycles. The number of carbonyl (C=O) groups is 2. The summed E-state index contributed by atoms with van der Waals surface area (Å²) >= 11 is 0. The fraction of sp³-hybridized carbons (Fsp3) is 0.750. The van der Waals surface area contributed by atoms with E-state index in [1.54, 1.807) is 39.5 Å². The lowest BCUT2D eigenvalue weighted by Crippen LogP contribution is -2.51. The van der Waals surface area contributed by atoms with E-state index in [1.165, 1.54) is 15.6 Å². The van der Waals surface area contributed by atoms with Gasteiger partial charge in [-0.1, -0.05) is 13.8 Å². The van der Waals surface area contributed by atoms with E-state index >= 15 is 0 Å². The maximum atomic E-state index is 13.3. The van der Waals surface area contributed by atoms with Crippen LogP contribution in [0.5, 0.6) is 6.01 Å². The molecule has 12 nitrogen and oxygen atoms in total. The number of amides is 2. The van der Waals surface area contributed by atoms with Crippen molar-refractivity contribution in [2.24, 2.45) is 0 Å². The number of hydrogen-bond donors (Lipinski definition) is 1. The van der Waals surface area contributed by atoms with Crippen molar-refractivity contribution in [1.82, 2.24) is 29.4 Å². The van der Waals surface area contributed by atoms with Gasteiger partial charge in [-0.15, -0.1) is 0 Å². The highest BCUT2D eigenvalue weighted by atomic mass is 19.4. The van der Waals surface area contributed by atoms with Crippen LogP contribution in [0, 0.1) is 0 Å². The lowest BCUT2D eigenvalue weighted by molar-refractivity contribution is -0.301. The van der Waals surface area contributed by atoms with Crippen LogP contribution >= 0.6 is 0 Å². The first kappa shape index (κ1) is 33.6. The first-order valence-electron chi connectivity index (χ1n) is 15.1. The molecule has 0 saturated carbocycles. The Morgan fingerprint density at radius 2 is 1.59 bits per heavy atom. The minimum absolute atomic E-state index is 0.00609. The fourth-order valence-corrected chi connectivity index (χ4v) is 6.15. The number of rotatable bonds is 6. The van der Waals surface area contributed by atoms with E-state index in [-0.39, 0.29) is 42.2 Å². The smallest absolute Gasteiger partial charge is 0.434 e. The maximum absolute atomic E-state index is 13.3. The SMILES string of the molecule is CC(C)c1cnn2c(NC3CC4CCC(C3)N4C(=O)OC3CCN(C(=O)OC(C)(C)C)C3)nc(OC(C(F)(F)F)C(F)(F)F)nc12. The molecule has 3 atom stereocenters. The highest BCUT2D eigenvalue weighted by Crippen LogP contribution is 2.39. The number of aromatic nitrogens is 4. The fourth-order valence-electron chi connectivity index (χ4n) is 6.15. The van der Waals surface area contributed by atoms with E-state index in [2.05, 4.69) is 25.1 Å². The predicted octanol–water partition coefficient (Wildman–Crippen LogP) is 5.67. The largest absolute Gasteiger partial charge is 0.444 e. The zero-order valence-electron chi connectivity index (χ0n) is 26.0. The van der Waals surface area contributed by atoms with Gasteiger partial charge in [0, 0.05) is 36.7 Å². The van der Waals surface area contributed by atoms with Crippen LogP contribution in [-0.2, 0) is 9.47 Å². The number of fused-ring (bicyclic) bond motifs is 3. The molecule has 1 N–H and O–H groups in total. The molecule has 3 unspecified atom stereocenters. The van der Waals surface area contributed by atoms with Crippen molar-refractivity contribution in [2.45, 2.75) is 121 Å². The van der Waals surface area contributed by atoms with Gasteiger partial charge in [0.05, 0.1) is 12.7 Å². The number of alkyl halides is 6. The van der Waals surface area contributed by atoms with Gasteiger partial charge < -0.3 is 29.3 Å². The molecule has 5 heterocycles. The number of ether oxygens (including phenoxy) is 3. The van der Waals surface area contributed by atoms with Crippen molar-refractivity contribution in [3.05, 3.63) is 11.8 Å². The highest BCUT2D eigenvalue weighted by Gasteiger charge is 2.59. The molecule has 2 bridgehead atoms. The van der Waals surface area contributed by atoms with Crippen molar-refractivity contribution in [2.75, 3.05) is 18.4 Å². The van der Waals surface area contributed by atoms with Crippen molar-refractivity contribution >= 4 is 23.8 Å². The van der Waals surface area contributed by atoms with E-state index in [0.717, 1.165) is 0 Å². The lowest BCUT2D eigenvalue weighted by atomic mass is 9.98. The van der Waals surface area contributed by atoms with Gasteiger partial charge in [-0.2, -0.15) is 45.9 Å². The molecule has 256 valence electrons.